The van der Waals surface area contributed by atoms with Gasteiger partial charge in [0.05, 0.1) is 17.3 Å². The van der Waals surface area contributed by atoms with Crippen LogP contribution in [0.25, 0.3) is 17.0 Å². The summed E-state index contributed by atoms with van der Waals surface area (Å²) in [7, 11) is 0. The van der Waals surface area contributed by atoms with E-state index in [2.05, 4.69) is 29.5 Å². The SMILES string of the molecule is CCc1ccc(-c2noc(C3=C(C)N(c4ccc(Cl)cc4)C(=O)NC3c3ccccc3)n2)cc1. The molecule has 3 aromatic carbocycles. The van der Waals surface area contributed by atoms with E-state index in [0.29, 0.717) is 28.1 Å². The Hall–Kier alpha value is -3.90. The number of nitrogens with zero attached hydrogens (tertiary/aromatic N) is 3. The van der Waals surface area contributed by atoms with Gasteiger partial charge in [-0.15, -0.1) is 0 Å². The second-order valence-corrected chi connectivity index (χ2v) is 8.51. The number of halogens is 1. The highest BCUT2D eigenvalue weighted by Gasteiger charge is 2.36. The zero-order valence-electron chi connectivity index (χ0n) is 18.8. The van der Waals surface area contributed by atoms with E-state index in [-0.39, 0.29) is 6.03 Å². The summed E-state index contributed by atoms with van der Waals surface area (Å²) in [6.45, 7) is 4.00. The molecule has 0 saturated carbocycles. The van der Waals surface area contributed by atoms with Gasteiger partial charge in [-0.3, -0.25) is 4.90 Å². The van der Waals surface area contributed by atoms with Crippen molar-refractivity contribution >= 4 is 28.9 Å². The summed E-state index contributed by atoms with van der Waals surface area (Å²) in [6, 6.07) is 24.3. The van der Waals surface area contributed by atoms with Gasteiger partial charge >= 0.3 is 6.03 Å². The molecule has 0 spiro atoms. The highest BCUT2D eigenvalue weighted by Crippen LogP contribution is 2.39. The molecule has 0 fully saturated rings. The molecular weight excluding hydrogens is 448 g/mol. The van der Waals surface area contributed by atoms with Crippen LogP contribution in [0.2, 0.25) is 5.02 Å². The molecule has 34 heavy (non-hydrogen) atoms. The molecule has 0 bridgehead atoms. The maximum absolute atomic E-state index is 13.2. The van der Waals surface area contributed by atoms with E-state index >= 15 is 0 Å². The number of hydrogen-bond donors (Lipinski definition) is 1. The van der Waals surface area contributed by atoms with Gasteiger partial charge in [0.15, 0.2) is 0 Å². The largest absolute Gasteiger partial charge is 0.334 e. The molecule has 170 valence electrons. The first kappa shape index (κ1) is 21.9. The van der Waals surface area contributed by atoms with Crippen molar-refractivity contribution < 1.29 is 9.32 Å². The van der Waals surface area contributed by atoms with Crippen molar-refractivity contribution in [1.82, 2.24) is 15.5 Å². The van der Waals surface area contributed by atoms with Crippen LogP contribution in [0.15, 0.2) is 89.1 Å². The van der Waals surface area contributed by atoms with Crippen molar-refractivity contribution in [1.29, 1.82) is 0 Å². The number of hydrogen-bond acceptors (Lipinski definition) is 4. The van der Waals surface area contributed by atoms with Crippen molar-refractivity contribution in [2.45, 2.75) is 26.3 Å². The molecule has 1 aliphatic heterocycles. The smallest absolute Gasteiger partial charge is 0.326 e. The number of carbonyl (C=O) groups is 1. The molecule has 0 aliphatic carbocycles. The van der Waals surface area contributed by atoms with E-state index in [9.17, 15) is 4.79 Å². The van der Waals surface area contributed by atoms with Crippen molar-refractivity contribution in [3.05, 3.63) is 107 Å². The molecule has 6 nitrogen and oxygen atoms in total. The molecular formula is C27H23ClN4O2. The van der Waals surface area contributed by atoms with Crippen LogP contribution in [0.4, 0.5) is 10.5 Å². The summed E-state index contributed by atoms with van der Waals surface area (Å²) in [6.07, 6.45) is 0.961. The molecule has 2 heterocycles. The zero-order chi connectivity index (χ0) is 23.7. The molecule has 1 aromatic heterocycles. The maximum Gasteiger partial charge on any atom is 0.326 e. The Bertz CT molecular complexity index is 1350. The third-order valence-electron chi connectivity index (χ3n) is 5.98. The van der Waals surface area contributed by atoms with Crippen LogP contribution >= 0.6 is 11.6 Å². The lowest BCUT2D eigenvalue weighted by Gasteiger charge is -2.35. The van der Waals surface area contributed by atoms with Gasteiger partial charge in [-0.1, -0.05) is 78.3 Å². The molecule has 2 amide bonds. The normalized spacial score (nSPS) is 16.0. The van der Waals surface area contributed by atoms with Crippen LogP contribution in [0.1, 0.15) is 36.9 Å². The van der Waals surface area contributed by atoms with Gasteiger partial charge in [0.1, 0.15) is 0 Å². The van der Waals surface area contributed by atoms with E-state index < -0.39 is 6.04 Å². The van der Waals surface area contributed by atoms with Gasteiger partial charge in [-0.2, -0.15) is 4.98 Å². The average molecular weight is 471 g/mol. The number of benzene rings is 3. The minimum Gasteiger partial charge on any atom is -0.334 e. The quantitative estimate of drug-likeness (QED) is 0.354. The summed E-state index contributed by atoms with van der Waals surface area (Å²) < 4.78 is 5.76. The number of anilines is 1. The second-order valence-electron chi connectivity index (χ2n) is 8.08. The highest BCUT2D eigenvalue weighted by atomic mass is 35.5. The van der Waals surface area contributed by atoms with E-state index in [1.54, 1.807) is 29.2 Å². The molecule has 0 saturated heterocycles. The topological polar surface area (TPSA) is 71.3 Å². The fraction of sp³-hybridized carbons (Fsp3) is 0.148. The van der Waals surface area contributed by atoms with Crippen molar-refractivity contribution in [2.24, 2.45) is 0 Å². The number of carbonyl (C=O) groups excluding carboxylic acids is 1. The van der Waals surface area contributed by atoms with Crippen molar-refractivity contribution in [3.8, 4) is 11.4 Å². The molecule has 1 atom stereocenters. The zero-order valence-corrected chi connectivity index (χ0v) is 19.6. The Morgan fingerprint density at radius 3 is 2.38 bits per heavy atom. The highest BCUT2D eigenvalue weighted by molar-refractivity contribution is 6.30. The minimum absolute atomic E-state index is 0.243. The summed E-state index contributed by atoms with van der Waals surface area (Å²) in [5.74, 6) is 0.861. The van der Waals surface area contributed by atoms with Crippen LogP contribution in [-0.2, 0) is 6.42 Å². The standard InChI is InChI=1S/C27H23ClN4O2/c1-3-18-9-11-20(12-10-18)25-30-26(34-31-25)23-17(2)32(22-15-13-21(28)14-16-22)27(33)29-24(23)19-7-5-4-6-8-19/h4-16,24H,3H2,1-2H3,(H,29,33). The molecule has 5 rings (SSSR count). The van der Waals surface area contributed by atoms with E-state index in [1.807, 2.05) is 49.4 Å². The summed E-state index contributed by atoms with van der Waals surface area (Å²) in [5, 5.41) is 7.94. The van der Waals surface area contributed by atoms with Gasteiger partial charge in [-0.05, 0) is 48.7 Å². The predicted molar refractivity (Wildman–Crippen MR) is 133 cm³/mol. The van der Waals surface area contributed by atoms with Gasteiger partial charge in [0, 0.05) is 16.3 Å². The Labute approximate surface area is 202 Å². The predicted octanol–water partition coefficient (Wildman–Crippen LogP) is 6.65. The Kier molecular flexibility index (Phi) is 5.90. The van der Waals surface area contributed by atoms with Crippen LogP contribution in [0.3, 0.4) is 0 Å². The number of aryl methyl sites for hydroxylation is 1. The summed E-state index contributed by atoms with van der Waals surface area (Å²) >= 11 is 6.07. The third kappa shape index (κ3) is 4.08. The fourth-order valence-corrected chi connectivity index (χ4v) is 4.28. The second kappa shape index (κ2) is 9.15. The Morgan fingerprint density at radius 1 is 1.00 bits per heavy atom. The number of nitrogens with one attached hydrogen (secondary N) is 1. The van der Waals surface area contributed by atoms with Gasteiger partial charge in [0.25, 0.3) is 5.89 Å². The third-order valence-corrected chi connectivity index (χ3v) is 6.23. The van der Waals surface area contributed by atoms with E-state index in [4.69, 9.17) is 21.1 Å². The Balaban J connectivity index is 1.62. The molecule has 1 unspecified atom stereocenters. The molecule has 1 N–H and O–H groups in total. The first-order valence-corrected chi connectivity index (χ1v) is 11.5. The van der Waals surface area contributed by atoms with E-state index in [1.165, 1.54) is 5.56 Å². The minimum atomic E-state index is -0.437. The van der Waals surface area contributed by atoms with Crippen molar-refractivity contribution in [2.75, 3.05) is 4.90 Å². The van der Waals surface area contributed by atoms with Crippen LogP contribution in [0, 0.1) is 0 Å². The molecule has 0 radical (unpaired) electrons. The summed E-state index contributed by atoms with van der Waals surface area (Å²) in [5.41, 5.74) is 5.17. The van der Waals surface area contributed by atoms with E-state index in [0.717, 1.165) is 23.1 Å². The maximum atomic E-state index is 13.2. The monoisotopic (exact) mass is 470 g/mol. The number of allylic oxidation sites excluding steroid dienone is 1. The lowest BCUT2D eigenvalue weighted by atomic mass is 9.94. The van der Waals surface area contributed by atoms with Gasteiger partial charge in [-0.25, -0.2) is 4.79 Å². The van der Waals surface area contributed by atoms with Crippen LogP contribution in [0.5, 0.6) is 0 Å². The number of rotatable bonds is 5. The van der Waals surface area contributed by atoms with Gasteiger partial charge < -0.3 is 9.84 Å². The molecule has 1 aliphatic rings. The first-order valence-electron chi connectivity index (χ1n) is 11.1. The first-order chi connectivity index (χ1) is 16.5. The van der Waals surface area contributed by atoms with Crippen molar-refractivity contribution in [3.63, 3.8) is 0 Å². The van der Waals surface area contributed by atoms with Gasteiger partial charge in [0.2, 0.25) is 5.82 Å². The number of amides is 2. The lowest BCUT2D eigenvalue weighted by Crippen LogP contribution is -2.46. The number of urea groups is 1. The van der Waals surface area contributed by atoms with Crippen LogP contribution < -0.4 is 10.2 Å². The lowest BCUT2D eigenvalue weighted by molar-refractivity contribution is 0.244. The Morgan fingerprint density at radius 2 is 1.71 bits per heavy atom. The molecule has 4 aromatic rings. The fourth-order valence-electron chi connectivity index (χ4n) is 4.16. The average Bonchev–Trinajstić information content (AvgIpc) is 3.35. The summed E-state index contributed by atoms with van der Waals surface area (Å²) in [4.78, 5) is 19.5. The number of aromatic nitrogens is 2. The molecule has 7 heteroatoms. The van der Waals surface area contributed by atoms with Crippen LogP contribution in [-0.4, -0.2) is 16.2 Å².